The number of hydrogen-bond donors (Lipinski definition) is 1. The van der Waals surface area contributed by atoms with Gasteiger partial charge in [0.25, 0.3) is 0 Å². The minimum absolute atomic E-state index is 0.00473. The predicted octanol–water partition coefficient (Wildman–Crippen LogP) is 4.16. The fourth-order valence-electron chi connectivity index (χ4n) is 2.30. The molecule has 2 rings (SSSR count). The fraction of sp³-hybridized carbons (Fsp3) is 0.333. The van der Waals surface area contributed by atoms with E-state index in [1.54, 1.807) is 6.07 Å². The Hall–Kier alpha value is -1.87. The van der Waals surface area contributed by atoms with Crippen molar-refractivity contribution in [3.05, 3.63) is 65.0 Å². The molecule has 2 nitrogen and oxygen atoms in total. The second-order valence-electron chi connectivity index (χ2n) is 6.15. The summed E-state index contributed by atoms with van der Waals surface area (Å²) in [6.45, 7) is 7.12. The van der Waals surface area contributed by atoms with E-state index in [-0.39, 0.29) is 11.2 Å². The predicted molar refractivity (Wildman–Crippen MR) is 83.8 cm³/mol. The molecule has 0 aliphatic carbocycles. The highest BCUT2D eigenvalue weighted by atomic mass is 19.1. The third kappa shape index (κ3) is 3.82. The van der Waals surface area contributed by atoms with E-state index < -0.39 is 0 Å². The molecule has 0 radical (unpaired) electrons. The Morgan fingerprint density at radius 3 is 2.43 bits per heavy atom. The number of rotatable bonds is 4. The maximum Gasteiger partial charge on any atom is 0.123 e. The minimum Gasteiger partial charge on any atom is -0.489 e. The number of hydrogen-bond acceptors (Lipinski definition) is 2. The van der Waals surface area contributed by atoms with Gasteiger partial charge in [-0.15, -0.1) is 0 Å². The van der Waals surface area contributed by atoms with Crippen LogP contribution in [0, 0.1) is 5.82 Å². The second kappa shape index (κ2) is 6.27. The highest BCUT2D eigenvalue weighted by molar-refractivity contribution is 5.38. The SMILES string of the molecule is CC(C)(C)c1ccccc1OCc1cc(F)ccc1CN. The number of para-hydroxylation sites is 1. The van der Waals surface area contributed by atoms with Gasteiger partial charge in [-0.2, -0.15) is 0 Å². The first kappa shape index (κ1) is 15.5. The van der Waals surface area contributed by atoms with Gasteiger partial charge in [0, 0.05) is 6.54 Å². The molecule has 0 amide bonds. The van der Waals surface area contributed by atoms with Crippen LogP contribution >= 0.6 is 0 Å². The van der Waals surface area contributed by atoms with Crippen LogP contribution in [0.4, 0.5) is 4.39 Å². The molecule has 0 atom stereocenters. The molecule has 0 aromatic heterocycles. The van der Waals surface area contributed by atoms with Gasteiger partial charge in [0.15, 0.2) is 0 Å². The van der Waals surface area contributed by atoms with E-state index in [4.69, 9.17) is 10.5 Å². The zero-order chi connectivity index (χ0) is 15.5. The Kier molecular flexibility index (Phi) is 4.63. The van der Waals surface area contributed by atoms with Crippen LogP contribution in [-0.2, 0) is 18.6 Å². The molecule has 0 aliphatic rings. The van der Waals surface area contributed by atoms with Gasteiger partial charge in [-0.3, -0.25) is 0 Å². The lowest BCUT2D eigenvalue weighted by atomic mass is 9.86. The van der Waals surface area contributed by atoms with E-state index in [2.05, 4.69) is 26.8 Å². The van der Waals surface area contributed by atoms with E-state index >= 15 is 0 Å². The third-order valence-electron chi connectivity index (χ3n) is 3.47. The summed E-state index contributed by atoms with van der Waals surface area (Å²) in [5.41, 5.74) is 8.52. The molecule has 112 valence electrons. The van der Waals surface area contributed by atoms with Crippen LogP contribution in [0.25, 0.3) is 0 Å². The van der Waals surface area contributed by atoms with Crippen molar-refractivity contribution in [1.29, 1.82) is 0 Å². The fourth-order valence-corrected chi connectivity index (χ4v) is 2.30. The molecule has 3 heteroatoms. The van der Waals surface area contributed by atoms with Crippen molar-refractivity contribution in [3.63, 3.8) is 0 Å². The molecule has 21 heavy (non-hydrogen) atoms. The lowest BCUT2D eigenvalue weighted by Crippen LogP contribution is -2.14. The third-order valence-corrected chi connectivity index (χ3v) is 3.47. The lowest BCUT2D eigenvalue weighted by Gasteiger charge is -2.23. The van der Waals surface area contributed by atoms with Crippen LogP contribution in [-0.4, -0.2) is 0 Å². The molecule has 0 saturated heterocycles. The summed E-state index contributed by atoms with van der Waals surface area (Å²) in [7, 11) is 0. The van der Waals surface area contributed by atoms with Crippen LogP contribution < -0.4 is 10.5 Å². The van der Waals surface area contributed by atoms with E-state index in [1.807, 2.05) is 18.2 Å². The summed E-state index contributed by atoms with van der Waals surface area (Å²) in [5, 5.41) is 0. The van der Waals surface area contributed by atoms with Gasteiger partial charge >= 0.3 is 0 Å². The quantitative estimate of drug-likeness (QED) is 0.916. The standard InChI is InChI=1S/C18H22FNO/c1-18(2,3)16-6-4-5-7-17(16)21-12-14-10-15(19)9-8-13(14)11-20/h4-10H,11-12,20H2,1-3H3. The number of ether oxygens (including phenoxy) is 1. The second-order valence-corrected chi connectivity index (χ2v) is 6.15. The van der Waals surface area contributed by atoms with Crippen molar-refractivity contribution in [3.8, 4) is 5.75 Å². The van der Waals surface area contributed by atoms with E-state index in [1.165, 1.54) is 12.1 Å². The highest BCUT2D eigenvalue weighted by Crippen LogP contribution is 2.31. The largest absolute Gasteiger partial charge is 0.489 e. The number of nitrogens with two attached hydrogens (primary N) is 1. The maximum atomic E-state index is 13.4. The van der Waals surface area contributed by atoms with Crippen LogP contribution in [0.1, 0.15) is 37.5 Å². The van der Waals surface area contributed by atoms with Gasteiger partial charge in [0.2, 0.25) is 0 Å². The van der Waals surface area contributed by atoms with Crippen molar-refractivity contribution in [2.45, 2.75) is 39.3 Å². The van der Waals surface area contributed by atoms with Crippen molar-refractivity contribution < 1.29 is 9.13 Å². The first-order valence-electron chi connectivity index (χ1n) is 7.11. The number of halogens is 1. The molecule has 0 unspecified atom stereocenters. The Morgan fingerprint density at radius 1 is 1.05 bits per heavy atom. The smallest absolute Gasteiger partial charge is 0.123 e. The van der Waals surface area contributed by atoms with E-state index in [0.29, 0.717) is 13.2 Å². The topological polar surface area (TPSA) is 35.2 Å². The Bertz CT molecular complexity index is 617. The van der Waals surface area contributed by atoms with Gasteiger partial charge in [-0.1, -0.05) is 45.0 Å². The Labute approximate surface area is 125 Å². The van der Waals surface area contributed by atoms with Gasteiger partial charge in [-0.25, -0.2) is 4.39 Å². The van der Waals surface area contributed by atoms with Crippen molar-refractivity contribution >= 4 is 0 Å². The van der Waals surface area contributed by atoms with Crippen LogP contribution in [0.15, 0.2) is 42.5 Å². The van der Waals surface area contributed by atoms with E-state index in [0.717, 1.165) is 22.4 Å². The lowest BCUT2D eigenvalue weighted by molar-refractivity contribution is 0.296. The first-order valence-corrected chi connectivity index (χ1v) is 7.11. The Balaban J connectivity index is 2.23. The summed E-state index contributed by atoms with van der Waals surface area (Å²) < 4.78 is 19.3. The van der Waals surface area contributed by atoms with Gasteiger partial charge < -0.3 is 10.5 Å². The monoisotopic (exact) mass is 287 g/mol. The summed E-state index contributed by atoms with van der Waals surface area (Å²) >= 11 is 0. The van der Waals surface area contributed by atoms with E-state index in [9.17, 15) is 4.39 Å². The first-order chi connectivity index (χ1) is 9.91. The zero-order valence-electron chi connectivity index (χ0n) is 12.8. The molecule has 0 spiro atoms. The maximum absolute atomic E-state index is 13.4. The summed E-state index contributed by atoms with van der Waals surface area (Å²) in [4.78, 5) is 0. The molecule has 0 fully saturated rings. The van der Waals surface area contributed by atoms with Crippen LogP contribution in [0.3, 0.4) is 0 Å². The van der Waals surface area contributed by atoms with Crippen molar-refractivity contribution in [2.24, 2.45) is 5.73 Å². The van der Waals surface area contributed by atoms with Crippen LogP contribution in [0.5, 0.6) is 5.75 Å². The van der Waals surface area contributed by atoms with Gasteiger partial charge in [0.05, 0.1) is 0 Å². The summed E-state index contributed by atoms with van der Waals surface area (Å²) in [5.74, 6) is 0.562. The van der Waals surface area contributed by atoms with Gasteiger partial charge in [-0.05, 0) is 40.3 Å². The number of benzene rings is 2. The highest BCUT2D eigenvalue weighted by Gasteiger charge is 2.18. The molecule has 0 bridgehead atoms. The molecular formula is C18H22FNO. The molecule has 2 aromatic carbocycles. The normalized spacial score (nSPS) is 11.5. The average molecular weight is 287 g/mol. The minimum atomic E-state index is -0.269. The van der Waals surface area contributed by atoms with Gasteiger partial charge in [0.1, 0.15) is 18.2 Å². The zero-order valence-corrected chi connectivity index (χ0v) is 12.8. The van der Waals surface area contributed by atoms with Crippen molar-refractivity contribution in [1.82, 2.24) is 0 Å². The molecule has 0 saturated carbocycles. The summed E-state index contributed by atoms with van der Waals surface area (Å²) in [6, 6.07) is 12.6. The Morgan fingerprint density at radius 2 is 1.76 bits per heavy atom. The molecule has 0 aliphatic heterocycles. The molecular weight excluding hydrogens is 265 g/mol. The molecule has 2 aromatic rings. The summed E-state index contributed by atoms with van der Waals surface area (Å²) in [6.07, 6.45) is 0. The molecule has 0 heterocycles. The average Bonchev–Trinajstić information content (AvgIpc) is 2.44. The van der Waals surface area contributed by atoms with Crippen LogP contribution in [0.2, 0.25) is 0 Å². The molecule has 2 N–H and O–H groups in total. The van der Waals surface area contributed by atoms with Crippen molar-refractivity contribution in [2.75, 3.05) is 0 Å².